The van der Waals surface area contributed by atoms with E-state index in [1.54, 1.807) is 0 Å². The Kier molecular flexibility index (Phi) is 8.52. The molecule has 0 aliphatic heterocycles. The van der Waals surface area contributed by atoms with Gasteiger partial charge in [-0.25, -0.2) is 15.0 Å². The molecule has 0 amide bonds. The molecule has 0 N–H and O–H groups in total. The lowest BCUT2D eigenvalue weighted by Crippen LogP contribution is -2.00. The molecule has 0 saturated carbocycles. The molecule has 3 heterocycles. The Hall–Kier alpha value is -9.19. The summed E-state index contributed by atoms with van der Waals surface area (Å²) in [5, 5.41) is 12.0. The molecule has 0 radical (unpaired) electrons. The van der Waals surface area contributed by atoms with Gasteiger partial charge in [-0.2, -0.15) is 0 Å². The highest BCUT2D eigenvalue weighted by Crippen LogP contribution is 2.44. The predicted molar refractivity (Wildman–Crippen MR) is 283 cm³/mol. The summed E-state index contributed by atoms with van der Waals surface area (Å²) in [6, 6.07) is 84.9. The van der Waals surface area contributed by atoms with E-state index in [0.717, 1.165) is 55.4 Å². The molecule has 0 bridgehead atoms. The van der Waals surface area contributed by atoms with Crippen LogP contribution in [0.4, 0.5) is 0 Å². The molecule has 5 heteroatoms. The van der Waals surface area contributed by atoms with Crippen LogP contribution in [0.5, 0.6) is 0 Å². The van der Waals surface area contributed by atoms with Crippen molar-refractivity contribution in [1.29, 1.82) is 0 Å². The fourth-order valence-electron chi connectivity index (χ4n) is 10.5. The van der Waals surface area contributed by atoms with Gasteiger partial charge in [0.15, 0.2) is 17.5 Å². The van der Waals surface area contributed by atoms with Crippen LogP contribution in [-0.4, -0.2) is 24.1 Å². The van der Waals surface area contributed by atoms with Crippen molar-refractivity contribution in [3.63, 3.8) is 0 Å². The van der Waals surface area contributed by atoms with Gasteiger partial charge in [-0.15, -0.1) is 0 Å². The number of fused-ring (bicyclic) bond motifs is 10. The maximum absolute atomic E-state index is 5.08. The van der Waals surface area contributed by atoms with Crippen molar-refractivity contribution in [3.8, 4) is 56.7 Å². The van der Waals surface area contributed by atoms with E-state index in [2.05, 4.69) is 185 Å². The highest BCUT2D eigenvalue weighted by Gasteiger charge is 2.22. The molecule has 0 saturated heterocycles. The molecule has 0 unspecified atom stereocenters. The van der Waals surface area contributed by atoms with Gasteiger partial charge in [0.05, 0.1) is 27.8 Å². The maximum atomic E-state index is 5.08. The second-order valence-electron chi connectivity index (χ2n) is 17.6. The van der Waals surface area contributed by atoms with Gasteiger partial charge in [0.2, 0.25) is 0 Å². The average Bonchev–Trinajstić information content (AvgIpc) is 3.91. The van der Waals surface area contributed by atoms with Crippen LogP contribution >= 0.6 is 0 Å². The molecule has 0 aliphatic carbocycles. The second kappa shape index (κ2) is 15.2. The van der Waals surface area contributed by atoms with Crippen molar-refractivity contribution in [2.24, 2.45) is 0 Å². The summed E-state index contributed by atoms with van der Waals surface area (Å²) in [6.45, 7) is 0. The lowest BCUT2D eigenvalue weighted by molar-refractivity contribution is 1.07. The van der Waals surface area contributed by atoms with E-state index in [-0.39, 0.29) is 0 Å². The minimum atomic E-state index is 0.631. The average molecular weight is 866 g/mol. The Morgan fingerprint density at radius 3 is 1.57 bits per heavy atom. The van der Waals surface area contributed by atoms with Gasteiger partial charge in [0.1, 0.15) is 0 Å². The molecule has 68 heavy (non-hydrogen) atoms. The zero-order valence-electron chi connectivity index (χ0n) is 36.8. The van der Waals surface area contributed by atoms with Gasteiger partial charge in [-0.05, 0) is 92.7 Å². The van der Waals surface area contributed by atoms with E-state index in [9.17, 15) is 0 Å². The van der Waals surface area contributed by atoms with E-state index in [1.165, 1.54) is 59.7 Å². The normalized spacial score (nSPS) is 11.8. The lowest BCUT2D eigenvalue weighted by Gasteiger charge is -2.14. The Bertz CT molecular complexity index is 4250. The van der Waals surface area contributed by atoms with E-state index in [4.69, 9.17) is 15.0 Å². The maximum Gasteiger partial charge on any atom is 0.164 e. The number of nitrogens with zero attached hydrogens (tertiary/aromatic N) is 5. The fraction of sp³-hybridized carbons (Fsp3) is 0. The van der Waals surface area contributed by atoms with E-state index in [1.807, 2.05) is 60.7 Å². The zero-order chi connectivity index (χ0) is 44.7. The largest absolute Gasteiger partial charge is 0.309 e. The Balaban J connectivity index is 1.04. The molecule has 0 aliphatic rings. The van der Waals surface area contributed by atoms with Gasteiger partial charge in [0, 0.05) is 49.3 Å². The summed E-state index contributed by atoms with van der Waals surface area (Å²) in [5.41, 5.74) is 12.1. The molecule has 0 spiro atoms. The molecular weight excluding hydrogens is 827 g/mol. The van der Waals surface area contributed by atoms with Crippen LogP contribution in [0.15, 0.2) is 237 Å². The summed E-state index contributed by atoms with van der Waals surface area (Å²) in [4.78, 5) is 15.1. The predicted octanol–water partition coefficient (Wildman–Crippen LogP) is 16.2. The first kappa shape index (κ1) is 38.1. The Morgan fingerprint density at radius 1 is 0.250 bits per heavy atom. The van der Waals surface area contributed by atoms with Crippen molar-refractivity contribution >= 4 is 75.9 Å². The smallest absolute Gasteiger partial charge is 0.164 e. The van der Waals surface area contributed by atoms with E-state index in [0.29, 0.717) is 17.5 Å². The third kappa shape index (κ3) is 6.06. The van der Waals surface area contributed by atoms with Gasteiger partial charge < -0.3 is 9.13 Å². The minimum Gasteiger partial charge on any atom is -0.309 e. The standard InChI is InChI=1S/C63H39N5/c1-4-15-40(16-5-1)46-30-33-56-52(37-46)53-38-54-59(67(49-31-27-41-17-10-11-23-45(41)36-49)57-34-29-42-18-12-13-25-51(42)60(54)57)39-58(53)68(56)55-26-14-24-47-35-48(28-32-50(47)55)63-65-61(43-19-6-2-7-20-43)64-62(66-63)44-21-8-3-9-22-44/h1-39H. The third-order valence-corrected chi connectivity index (χ3v) is 13.7. The third-order valence-electron chi connectivity index (χ3n) is 13.7. The zero-order valence-corrected chi connectivity index (χ0v) is 36.8. The van der Waals surface area contributed by atoms with Crippen molar-refractivity contribution in [2.45, 2.75) is 0 Å². The Labute approximate surface area is 391 Å². The highest BCUT2D eigenvalue weighted by molar-refractivity contribution is 6.25. The highest BCUT2D eigenvalue weighted by atomic mass is 15.0. The summed E-state index contributed by atoms with van der Waals surface area (Å²) < 4.78 is 4.95. The Morgan fingerprint density at radius 2 is 0.824 bits per heavy atom. The van der Waals surface area contributed by atoms with E-state index < -0.39 is 0 Å². The molecule has 0 atom stereocenters. The van der Waals surface area contributed by atoms with Crippen molar-refractivity contribution in [1.82, 2.24) is 24.1 Å². The number of hydrogen-bond acceptors (Lipinski definition) is 3. The summed E-state index contributed by atoms with van der Waals surface area (Å²) in [6.07, 6.45) is 0. The van der Waals surface area contributed by atoms with Crippen LogP contribution in [0.2, 0.25) is 0 Å². The fourth-order valence-corrected chi connectivity index (χ4v) is 10.5. The summed E-state index contributed by atoms with van der Waals surface area (Å²) in [5.74, 6) is 1.92. The minimum absolute atomic E-state index is 0.631. The van der Waals surface area contributed by atoms with E-state index >= 15 is 0 Å². The van der Waals surface area contributed by atoms with Gasteiger partial charge in [-0.3, -0.25) is 0 Å². The number of aromatic nitrogens is 5. The molecule has 14 aromatic rings. The number of hydrogen-bond donors (Lipinski definition) is 0. The van der Waals surface area contributed by atoms with Crippen molar-refractivity contribution < 1.29 is 0 Å². The lowest BCUT2D eigenvalue weighted by atomic mass is 10.0. The van der Waals surface area contributed by atoms with Gasteiger partial charge >= 0.3 is 0 Å². The van der Waals surface area contributed by atoms with Crippen LogP contribution in [0, 0.1) is 0 Å². The van der Waals surface area contributed by atoms with Gasteiger partial charge in [-0.1, -0.05) is 182 Å². The SMILES string of the molecule is c1ccc(-c2ccc3c(c2)c2cc4c5c6ccccc6ccc5n(-c5ccc6ccccc6c5)c4cc2n3-c2cccc3cc(-c4nc(-c5ccccc5)nc(-c5ccccc5)n4)ccc23)cc1. The first-order chi connectivity index (χ1) is 33.7. The summed E-state index contributed by atoms with van der Waals surface area (Å²) in [7, 11) is 0. The molecule has 0 fully saturated rings. The van der Waals surface area contributed by atoms with Crippen LogP contribution in [0.25, 0.3) is 133 Å². The molecule has 5 nitrogen and oxygen atoms in total. The molecule has 3 aromatic heterocycles. The van der Waals surface area contributed by atoms with Crippen LogP contribution in [0.1, 0.15) is 0 Å². The van der Waals surface area contributed by atoms with Crippen LogP contribution in [0.3, 0.4) is 0 Å². The van der Waals surface area contributed by atoms with Crippen molar-refractivity contribution in [3.05, 3.63) is 237 Å². The molecule has 14 rings (SSSR count). The first-order valence-corrected chi connectivity index (χ1v) is 23.1. The van der Waals surface area contributed by atoms with Crippen molar-refractivity contribution in [2.75, 3.05) is 0 Å². The topological polar surface area (TPSA) is 48.5 Å². The quantitative estimate of drug-likeness (QED) is 0.167. The van der Waals surface area contributed by atoms with Gasteiger partial charge in [0.25, 0.3) is 0 Å². The summed E-state index contributed by atoms with van der Waals surface area (Å²) >= 11 is 0. The molecule has 316 valence electrons. The number of rotatable bonds is 6. The molecule has 11 aromatic carbocycles. The monoisotopic (exact) mass is 865 g/mol. The molecular formula is C63H39N5. The number of benzene rings is 11. The van der Waals surface area contributed by atoms with Crippen LogP contribution < -0.4 is 0 Å². The second-order valence-corrected chi connectivity index (χ2v) is 17.6. The first-order valence-electron chi connectivity index (χ1n) is 23.1. The van der Waals surface area contributed by atoms with Crippen LogP contribution in [-0.2, 0) is 0 Å².